The summed E-state index contributed by atoms with van der Waals surface area (Å²) in [6, 6.07) is 6.35. The molecule has 0 bridgehead atoms. The zero-order valence-corrected chi connectivity index (χ0v) is 17.9. The van der Waals surface area contributed by atoms with Crippen molar-refractivity contribution in [1.82, 2.24) is 19.4 Å². The number of ether oxygens (including phenoxy) is 1. The van der Waals surface area contributed by atoms with Crippen LogP contribution in [-0.4, -0.2) is 63.3 Å². The van der Waals surface area contributed by atoms with Gasteiger partial charge in [-0.3, -0.25) is 9.47 Å². The fraction of sp³-hybridized carbons (Fsp3) is 0.636. The summed E-state index contributed by atoms with van der Waals surface area (Å²) in [5, 5.41) is 0. The number of nitrogens with zero attached hydrogens (tertiary/aromatic N) is 3. The van der Waals surface area contributed by atoms with Crippen LogP contribution in [0.4, 0.5) is 4.79 Å². The van der Waals surface area contributed by atoms with E-state index in [0.717, 1.165) is 55.5 Å². The van der Waals surface area contributed by atoms with E-state index in [4.69, 9.17) is 4.74 Å². The fourth-order valence-electron chi connectivity index (χ4n) is 4.91. The molecule has 0 aliphatic carbocycles. The number of fused-ring (bicyclic) bond motifs is 1. The largest absolute Gasteiger partial charge is 0.447 e. The zero-order valence-electron chi connectivity index (χ0n) is 17.9. The maximum Gasteiger partial charge on any atom is 0.410 e. The summed E-state index contributed by atoms with van der Waals surface area (Å²) >= 11 is 0. The van der Waals surface area contributed by atoms with Crippen molar-refractivity contribution < 1.29 is 9.53 Å². The number of nitrogens with one attached hydrogen (secondary N) is 1. The first-order valence-electron chi connectivity index (χ1n) is 10.7. The number of aromatic amines is 1. The zero-order chi connectivity index (χ0) is 20.8. The number of likely N-dealkylation sites (tertiary alicyclic amines) is 2. The molecule has 2 aromatic rings. The summed E-state index contributed by atoms with van der Waals surface area (Å²) in [4.78, 5) is 32.2. The van der Waals surface area contributed by atoms with E-state index < -0.39 is 0 Å². The molecule has 2 aliphatic heterocycles. The van der Waals surface area contributed by atoms with E-state index in [1.54, 1.807) is 0 Å². The lowest BCUT2D eigenvalue weighted by atomic mass is 9.93. The van der Waals surface area contributed by atoms with E-state index in [0.29, 0.717) is 6.54 Å². The minimum absolute atomic E-state index is 0.0151. The Hall–Kier alpha value is -2.28. The molecule has 1 aromatic heterocycles. The first kappa shape index (κ1) is 20.0. The monoisotopic (exact) mass is 400 g/mol. The lowest BCUT2D eigenvalue weighted by Gasteiger charge is -2.43. The summed E-state index contributed by atoms with van der Waals surface area (Å²) in [7, 11) is 0. The molecule has 0 saturated carbocycles. The standard InChI is InChI=1S/C22H32N4O3/c1-15(2)29-21(28)24-12-9-22(4,14-24)25-10-7-17(8-11-25)26-19-6-5-16(3)13-18(19)23-20(26)27/h5-6,13,15,17H,7-12,14H2,1-4H3,(H,23,27). The van der Waals surface area contributed by atoms with E-state index in [2.05, 4.69) is 22.9 Å². The van der Waals surface area contributed by atoms with Gasteiger partial charge in [-0.1, -0.05) is 6.07 Å². The molecule has 1 amide bonds. The summed E-state index contributed by atoms with van der Waals surface area (Å²) in [5.74, 6) is 0. The summed E-state index contributed by atoms with van der Waals surface area (Å²) in [6.07, 6.45) is 2.53. The number of hydrogen-bond acceptors (Lipinski definition) is 4. The smallest absolute Gasteiger partial charge is 0.410 e. The van der Waals surface area contributed by atoms with Crippen LogP contribution in [0.3, 0.4) is 0 Å². The van der Waals surface area contributed by atoms with Gasteiger partial charge in [0.1, 0.15) is 0 Å². The van der Waals surface area contributed by atoms with Crippen LogP contribution in [-0.2, 0) is 4.74 Å². The first-order valence-corrected chi connectivity index (χ1v) is 10.7. The lowest BCUT2D eigenvalue weighted by Crippen LogP contribution is -2.52. The van der Waals surface area contributed by atoms with Crippen LogP contribution in [0.5, 0.6) is 0 Å². The average Bonchev–Trinajstić information content (AvgIpc) is 3.21. The van der Waals surface area contributed by atoms with Crippen molar-refractivity contribution in [2.75, 3.05) is 26.2 Å². The number of imidazole rings is 1. The number of benzene rings is 1. The molecule has 3 heterocycles. The van der Waals surface area contributed by atoms with Crippen LogP contribution < -0.4 is 5.69 Å². The third-order valence-corrected chi connectivity index (χ3v) is 6.51. The molecule has 1 atom stereocenters. The Morgan fingerprint density at radius 3 is 2.66 bits per heavy atom. The van der Waals surface area contributed by atoms with Crippen LogP contribution in [0.15, 0.2) is 23.0 Å². The number of H-pyrrole nitrogens is 1. The first-order chi connectivity index (χ1) is 13.8. The van der Waals surface area contributed by atoms with Crippen molar-refractivity contribution in [3.05, 3.63) is 34.2 Å². The number of amides is 1. The predicted octanol–water partition coefficient (Wildman–Crippen LogP) is 3.28. The molecule has 1 unspecified atom stereocenters. The molecule has 7 nitrogen and oxygen atoms in total. The van der Waals surface area contributed by atoms with E-state index in [-0.39, 0.29) is 29.5 Å². The highest BCUT2D eigenvalue weighted by Gasteiger charge is 2.42. The second-order valence-corrected chi connectivity index (χ2v) is 9.14. The van der Waals surface area contributed by atoms with Crippen LogP contribution in [0.2, 0.25) is 0 Å². The van der Waals surface area contributed by atoms with E-state index in [9.17, 15) is 9.59 Å². The second kappa shape index (κ2) is 7.52. The molecule has 1 aromatic carbocycles. The number of aryl methyl sites for hydroxylation is 1. The van der Waals surface area contributed by atoms with Gasteiger partial charge in [0.2, 0.25) is 0 Å². The summed E-state index contributed by atoms with van der Waals surface area (Å²) < 4.78 is 7.31. The third kappa shape index (κ3) is 3.80. The predicted molar refractivity (Wildman–Crippen MR) is 113 cm³/mol. The summed E-state index contributed by atoms with van der Waals surface area (Å²) in [5.41, 5.74) is 3.02. The average molecular weight is 401 g/mol. The van der Waals surface area contributed by atoms with E-state index in [1.165, 1.54) is 0 Å². The molecule has 29 heavy (non-hydrogen) atoms. The van der Waals surface area contributed by atoms with Gasteiger partial charge in [0.15, 0.2) is 0 Å². The van der Waals surface area contributed by atoms with Gasteiger partial charge in [-0.2, -0.15) is 0 Å². The van der Waals surface area contributed by atoms with Gasteiger partial charge in [-0.25, -0.2) is 9.59 Å². The topological polar surface area (TPSA) is 70.6 Å². The third-order valence-electron chi connectivity index (χ3n) is 6.51. The van der Waals surface area contributed by atoms with Crippen molar-refractivity contribution in [1.29, 1.82) is 0 Å². The van der Waals surface area contributed by atoms with Crippen LogP contribution in [0.1, 0.15) is 51.6 Å². The van der Waals surface area contributed by atoms with Crippen LogP contribution >= 0.6 is 0 Å². The number of piperidine rings is 1. The highest BCUT2D eigenvalue weighted by molar-refractivity contribution is 5.76. The van der Waals surface area contributed by atoms with Gasteiger partial charge < -0.3 is 14.6 Å². The minimum atomic E-state index is -0.209. The van der Waals surface area contributed by atoms with Gasteiger partial charge in [-0.15, -0.1) is 0 Å². The number of carbonyl (C=O) groups excluding carboxylic acids is 1. The Morgan fingerprint density at radius 2 is 1.97 bits per heavy atom. The van der Waals surface area contributed by atoms with E-state index in [1.807, 2.05) is 42.4 Å². The molecule has 0 spiro atoms. The maximum absolute atomic E-state index is 12.6. The Kier molecular flexibility index (Phi) is 5.19. The Labute approximate surface area is 171 Å². The van der Waals surface area contributed by atoms with Crippen molar-refractivity contribution in [3.8, 4) is 0 Å². The molecule has 7 heteroatoms. The molecule has 0 radical (unpaired) electrons. The Balaban J connectivity index is 1.43. The van der Waals surface area contributed by atoms with Gasteiger partial charge in [0.25, 0.3) is 0 Å². The van der Waals surface area contributed by atoms with Crippen molar-refractivity contribution >= 4 is 17.1 Å². The van der Waals surface area contributed by atoms with Crippen molar-refractivity contribution in [2.24, 2.45) is 0 Å². The number of carbonyl (C=O) groups is 1. The lowest BCUT2D eigenvalue weighted by molar-refractivity contribution is 0.0562. The van der Waals surface area contributed by atoms with Crippen LogP contribution in [0, 0.1) is 6.92 Å². The highest BCUT2D eigenvalue weighted by atomic mass is 16.6. The quantitative estimate of drug-likeness (QED) is 0.858. The molecule has 4 rings (SSSR count). The maximum atomic E-state index is 12.6. The fourth-order valence-corrected chi connectivity index (χ4v) is 4.91. The summed E-state index contributed by atoms with van der Waals surface area (Å²) in [6.45, 7) is 11.3. The van der Waals surface area contributed by atoms with Crippen molar-refractivity contribution in [3.63, 3.8) is 0 Å². The van der Waals surface area contributed by atoms with E-state index >= 15 is 0 Å². The number of aromatic nitrogens is 2. The van der Waals surface area contributed by atoms with Gasteiger partial charge in [0, 0.05) is 37.8 Å². The second-order valence-electron chi connectivity index (χ2n) is 9.14. The van der Waals surface area contributed by atoms with Gasteiger partial charge in [-0.05, 0) is 64.7 Å². The molecular formula is C22H32N4O3. The molecule has 1 N–H and O–H groups in total. The molecule has 2 aliphatic rings. The minimum Gasteiger partial charge on any atom is -0.447 e. The number of rotatable bonds is 3. The molecule has 2 fully saturated rings. The molecular weight excluding hydrogens is 368 g/mol. The van der Waals surface area contributed by atoms with Gasteiger partial charge in [0.05, 0.1) is 17.1 Å². The Morgan fingerprint density at radius 1 is 1.24 bits per heavy atom. The molecule has 158 valence electrons. The number of hydrogen-bond donors (Lipinski definition) is 1. The van der Waals surface area contributed by atoms with Crippen molar-refractivity contribution in [2.45, 2.75) is 64.6 Å². The molecule has 2 saturated heterocycles. The SMILES string of the molecule is Cc1ccc2c(c1)[nH]c(=O)n2C1CCN(C2(C)CCN(C(=O)OC(C)C)C2)CC1. The normalized spacial score (nSPS) is 24.0. The van der Waals surface area contributed by atoms with Gasteiger partial charge >= 0.3 is 11.8 Å². The van der Waals surface area contributed by atoms with Crippen LogP contribution in [0.25, 0.3) is 11.0 Å². The highest BCUT2D eigenvalue weighted by Crippen LogP contribution is 2.34. The Bertz CT molecular complexity index is 955.